The smallest absolute Gasteiger partial charge is 0.154 e. The van der Waals surface area contributed by atoms with Gasteiger partial charge in [0, 0.05) is 35.6 Å². The molecular formula is C33H39N5O2. The Balaban J connectivity index is 0.000000306. The number of aryl methyl sites for hydroxylation is 1. The highest BCUT2D eigenvalue weighted by Gasteiger charge is 2.34. The van der Waals surface area contributed by atoms with Crippen LogP contribution >= 0.6 is 0 Å². The number of anilines is 4. The lowest BCUT2D eigenvalue weighted by atomic mass is 9.73. The summed E-state index contributed by atoms with van der Waals surface area (Å²) in [6, 6.07) is 28.6. The fourth-order valence-electron chi connectivity index (χ4n) is 4.96. The van der Waals surface area contributed by atoms with E-state index in [1.807, 2.05) is 36.4 Å². The molecule has 3 aromatic carbocycles. The number of rotatable bonds is 6. The molecule has 1 saturated carbocycles. The van der Waals surface area contributed by atoms with Gasteiger partial charge in [-0.25, -0.2) is 4.98 Å². The number of pyridine rings is 1. The molecule has 1 aliphatic carbocycles. The highest BCUT2D eigenvalue weighted by Crippen LogP contribution is 2.39. The van der Waals surface area contributed by atoms with Gasteiger partial charge in [0.15, 0.2) is 5.82 Å². The first-order chi connectivity index (χ1) is 19.4. The van der Waals surface area contributed by atoms with Crippen molar-refractivity contribution in [2.75, 3.05) is 49.4 Å². The Hall–Kier alpha value is -4.07. The molecule has 2 aliphatic rings. The maximum atomic E-state index is 6.44. The van der Waals surface area contributed by atoms with Crippen molar-refractivity contribution in [1.82, 2.24) is 4.98 Å². The summed E-state index contributed by atoms with van der Waals surface area (Å²) in [5, 5.41) is 3.37. The normalized spacial score (nSPS) is 15.8. The van der Waals surface area contributed by atoms with Crippen molar-refractivity contribution in [3.8, 4) is 17.0 Å². The third-order valence-corrected chi connectivity index (χ3v) is 7.67. The van der Waals surface area contributed by atoms with Crippen LogP contribution in [0.2, 0.25) is 0 Å². The standard InChI is InChI=1S/C25H29N5O.C8H10O/c26-22-9-10-23(18-3-1-4-21(17-18)30-13-15-31-16-14-30)29-24(22)28-20-7-5-19(6-8-20)25(27)11-2-12-25;1-7-3-5-8(9-2)6-4-7/h1,3-10,17H,2,11-16,26-27H2,(H,28,29);3-6H,1-2H3. The quantitative estimate of drug-likeness (QED) is 0.267. The van der Waals surface area contributed by atoms with E-state index < -0.39 is 0 Å². The van der Waals surface area contributed by atoms with Gasteiger partial charge in [-0.1, -0.05) is 42.0 Å². The minimum absolute atomic E-state index is 0.152. The summed E-state index contributed by atoms with van der Waals surface area (Å²) < 4.78 is 10.4. The lowest BCUT2D eigenvalue weighted by Crippen LogP contribution is -2.43. The first kappa shape index (κ1) is 27.5. The molecule has 1 aliphatic heterocycles. The van der Waals surface area contributed by atoms with E-state index in [4.69, 9.17) is 25.9 Å². The molecule has 6 rings (SSSR count). The maximum absolute atomic E-state index is 6.44. The van der Waals surface area contributed by atoms with Gasteiger partial charge < -0.3 is 31.2 Å². The molecule has 0 unspecified atom stereocenters. The Kier molecular flexibility index (Phi) is 8.53. The molecule has 208 valence electrons. The van der Waals surface area contributed by atoms with E-state index in [-0.39, 0.29) is 5.54 Å². The van der Waals surface area contributed by atoms with Crippen molar-refractivity contribution in [1.29, 1.82) is 0 Å². The Morgan fingerprint density at radius 2 is 1.65 bits per heavy atom. The highest BCUT2D eigenvalue weighted by atomic mass is 16.5. The zero-order chi connectivity index (χ0) is 28.0. The van der Waals surface area contributed by atoms with E-state index in [2.05, 4.69) is 65.7 Å². The number of hydrogen-bond donors (Lipinski definition) is 3. The zero-order valence-corrected chi connectivity index (χ0v) is 23.4. The molecule has 40 heavy (non-hydrogen) atoms. The number of ether oxygens (including phenoxy) is 2. The van der Waals surface area contributed by atoms with E-state index in [1.54, 1.807) is 7.11 Å². The van der Waals surface area contributed by atoms with E-state index in [0.717, 1.165) is 61.8 Å². The minimum atomic E-state index is -0.152. The second kappa shape index (κ2) is 12.4. The van der Waals surface area contributed by atoms with Crippen molar-refractivity contribution >= 4 is 22.9 Å². The van der Waals surface area contributed by atoms with E-state index in [1.165, 1.54) is 23.2 Å². The number of morpholine rings is 1. The van der Waals surface area contributed by atoms with Crippen LogP contribution in [-0.4, -0.2) is 38.4 Å². The van der Waals surface area contributed by atoms with Crippen molar-refractivity contribution < 1.29 is 9.47 Å². The van der Waals surface area contributed by atoms with E-state index in [9.17, 15) is 0 Å². The van der Waals surface area contributed by atoms with Gasteiger partial charge in [0.05, 0.1) is 31.7 Å². The van der Waals surface area contributed by atoms with Gasteiger partial charge in [-0.05, 0) is 80.3 Å². The largest absolute Gasteiger partial charge is 0.497 e. The molecule has 7 heteroatoms. The van der Waals surface area contributed by atoms with Crippen molar-refractivity contribution in [2.24, 2.45) is 5.73 Å². The molecule has 5 N–H and O–H groups in total. The van der Waals surface area contributed by atoms with Gasteiger partial charge in [0.25, 0.3) is 0 Å². The lowest BCUT2D eigenvalue weighted by Gasteiger charge is -2.38. The van der Waals surface area contributed by atoms with Crippen molar-refractivity contribution in [2.45, 2.75) is 31.7 Å². The average molecular weight is 538 g/mol. The Labute approximate surface area is 237 Å². The summed E-state index contributed by atoms with van der Waals surface area (Å²) in [7, 11) is 1.67. The molecular weight excluding hydrogens is 498 g/mol. The summed E-state index contributed by atoms with van der Waals surface area (Å²) in [4.78, 5) is 7.16. The first-order valence-electron chi connectivity index (χ1n) is 13.9. The first-order valence-corrected chi connectivity index (χ1v) is 13.9. The minimum Gasteiger partial charge on any atom is -0.497 e. The molecule has 7 nitrogen and oxygen atoms in total. The number of nitrogen functional groups attached to an aromatic ring is 1. The van der Waals surface area contributed by atoms with Crippen LogP contribution < -0.4 is 26.4 Å². The Morgan fingerprint density at radius 3 is 2.30 bits per heavy atom. The number of hydrogen-bond acceptors (Lipinski definition) is 7. The number of nitrogens with one attached hydrogen (secondary N) is 1. The molecule has 1 saturated heterocycles. The summed E-state index contributed by atoms with van der Waals surface area (Å²) >= 11 is 0. The molecule has 0 atom stereocenters. The monoisotopic (exact) mass is 537 g/mol. The summed E-state index contributed by atoms with van der Waals surface area (Å²) in [5.41, 5.74) is 19.7. The molecule has 1 aromatic heterocycles. The average Bonchev–Trinajstić information content (AvgIpc) is 2.99. The molecule has 0 amide bonds. The van der Waals surface area contributed by atoms with Crippen LogP contribution in [0, 0.1) is 6.92 Å². The van der Waals surface area contributed by atoms with Gasteiger partial charge in [-0.3, -0.25) is 0 Å². The highest BCUT2D eigenvalue weighted by molar-refractivity contribution is 5.74. The fraction of sp³-hybridized carbons (Fsp3) is 0.303. The van der Waals surface area contributed by atoms with Gasteiger partial charge in [0.1, 0.15) is 5.75 Å². The van der Waals surface area contributed by atoms with Crippen LogP contribution in [-0.2, 0) is 10.3 Å². The predicted octanol–water partition coefficient (Wildman–Crippen LogP) is 6.25. The van der Waals surface area contributed by atoms with Gasteiger partial charge in [0.2, 0.25) is 0 Å². The molecule has 0 radical (unpaired) electrons. The Bertz CT molecular complexity index is 1400. The summed E-state index contributed by atoms with van der Waals surface area (Å²) in [5.74, 6) is 1.58. The van der Waals surface area contributed by atoms with Crippen LogP contribution in [0.1, 0.15) is 30.4 Å². The summed E-state index contributed by atoms with van der Waals surface area (Å²) in [6.07, 6.45) is 3.32. The number of methoxy groups -OCH3 is 1. The molecule has 0 bridgehead atoms. The number of benzene rings is 3. The maximum Gasteiger partial charge on any atom is 0.154 e. The van der Waals surface area contributed by atoms with Crippen LogP contribution in [0.3, 0.4) is 0 Å². The Morgan fingerprint density at radius 1 is 0.925 bits per heavy atom. The van der Waals surface area contributed by atoms with Crippen molar-refractivity contribution in [3.05, 3.63) is 96.1 Å². The third-order valence-electron chi connectivity index (χ3n) is 7.67. The van der Waals surface area contributed by atoms with E-state index >= 15 is 0 Å². The van der Waals surface area contributed by atoms with Crippen molar-refractivity contribution in [3.63, 3.8) is 0 Å². The van der Waals surface area contributed by atoms with E-state index in [0.29, 0.717) is 11.5 Å². The SMILES string of the molecule is COc1ccc(C)cc1.Nc1ccc(-c2cccc(N3CCOCC3)c2)nc1Nc1ccc(C2(N)CCC2)cc1. The predicted molar refractivity (Wildman–Crippen MR) is 164 cm³/mol. The molecule has 2 fully saturated rings. The van der Waals surface area contributed by atoms with Crippen LogP contribution in [0.5, 0.6) is 5.75 Å². The van der Waals surface area contributed by atoms with Crippen LogP contribution in [0.25, 0.3) is 11.3 Å². The van der Waals surface area contributed by atoms with Gasteiger partial charge in [-0.2, -0.15) is 0 Å². The number of nitrogens with two attached hydrogens (primary N) is 2. The molecule has 0 spiro atoms. The van der Waals surface area contributed by atoms with Crippen LogP contribution in [0.4, 0.5) is 22.9 Å². The topological polar surface area (TPSA) is 98.7 Å². The number of aromatic nitrogens is 1. The molecule has 4 aromatic rings. The zero-order valence-electron chi connectivity index (χ0n) is 23.4. The second-order valence-corrected chi connectivity index (χ2v) is 10.5. The van der Waals surface area contributed by atoms with Gasteiger partial charge >= 0.3 is 0 Å². The summed E-state index contributed by atoms with van der Waals surface area (Å²) in [6.45, 7) is 5.40. The molecule has 2 heterocycles. The lowest BCUT2D eigenvalue weighted by molar-refractivity contribution is 0.122. The second-order valence-electron chi connectivity index (χ2n) is 10.5. The third kappa shape index (κ3) is 6.55. The fourth-order valence-corrected chi connectivity index (χ4v) is 4.96. The number of nitrogens with zero attached hydrogens (tertiary/aromatic N) is 2. The van der Waals surface area contributed by atoms with Gasteiger partial charge in [-0.15, -0.1) is 0 Å². The van der Waals surface area contributed by atoms with Crippen LogP contribution in [0.15, 0.2) is 84.9 Å².